The molecular formula is C13H17N3. The molecule has 0 spiro atoms. The van der Waals surface area contributed by atoms with Gasteiger partial charge in [-0.25, -0.2) is 0 Å². The Morgan fingerprint density at radius 2 is 2.31 bits per heavy atom. The number of piperazine rings is 1. The smallest absolute Gasteiger partial charge is 0.0995 e. The second kappa shape index (κ2) is 5.11. The van der Waals surface area contributed by atoms with Crippen LogP contribution in [-0.2, 0) is 6.54 Å². The predicted molar refractivity (Wildman–Crippen MR) is 63.9 cm³/mol. The monoisotopic (exact) mass is 215 g/mol. The van der Waals surface area contributed by atoms with Crippen LogP contribution in [0.4, 0.5) is 0 Å². The van der Waals surface area contributed by atoms with Gasteiger partial charge >= 0.3 is 0 Å². The highest BCUT2D eigenvalue weighted by Gasteiger charge is 2.18. The number of hydrogen-bond donors (Lipinski definition) is 1. The Hall–Kier alpha value is -1.37. The van der Waals surface area contributed by atoms with E-state index in [4.69, 9.17) is 5.26 Å². The zero-order valence-corrected chi connectivity index (χ0v) is 9.61. The summed E-state index contributed by atoms with van der Waals surface area (Å²) in [6.07, 6.45) is 0. The highest BCUT2D eigenvalue weighted by molar-refractivity contribution is 5.37. The molecule has 0 amide bonds. The van der Waals surface area contributed by atoms with E-state index in [1.54, 1.807) is 0 Å². The molecule has 1 atom stereocenters. The molecule has 0 saturated carbocycles. The average Bonchev–Trinajstić information content (AvgIpc) is 2.33. The van der Waals surface area contributed by atoms with Gasteiger partial charge in [-0.1, -0.05) is 18.2 Å². The van der Waals surface area contributed by atoms with E-state index in [1.165, 1.54) is 0 Å². The third-order valence-corrected chi connectivity index (χ3v) is 3.15. The Morgan fingerprint density at radius 3 is 3.06 bits per heavy atom. The first-order valence-corrected chi connectivity index (χ1v) is 5.74. The molecule has 1 aromatic rings. The van der Waals surface area contributed by atoms with Crippen molar-refractivity contribution in [2.75, 3.05) is 19.6 Å². The van der Waals surface area contributed by atoms with Crippen molar-refractivity contribution >= 4 is 0 Å². The van der Waals surface area contributed by atoms with Gasteiger partial charge in [0.15, 0.2) is 0 Å². The van der Waals surface area contributed by atoms with Crippen molar-refractivity contribution in [2.45, 2.75) is 19.5 Å². The van der Waals surface area contributed by atoms with Crippen molar-refractivity contribution in [1.29, 1.82) is 5.26 Å². The van der Waals surface area contributed by atoms with Gasteiger partial charge in [-0.3, -0.25) is 4.90 Å². The van der Waals surface area contributed by atoms with Crippen LogP contribution in [-0.4, -0.2) is 30.6 Å². The van der Waals surface area contributed by atoms with E-state index in [-0.39, 0.29) is 0 Å². The van der Waals surface area contributed by atoms with Crippen molar-refractivity contribution in [3.05, 3.63) is 35.4 Å². The number of benzene rings is 1. The summed E-state index contributed by atoms with van der Waals surface area (Å²) >= 11 is 0. The number of nitriles is 1. The molecule has 1 heterocycles. The fraction of sp³-hybridized carbons (Fsp3) is 0.462. The topological polar surface area (TPSA) is 39.1 Å². The molecule has 0 radical (unpaired) electrons. The van der Waals surface area contributed by atoms with E-state index in [2.05, 4.69) is 23.2 Å². The van der Waals surface area contributed by atoms with Crippen LogP contribution in [0.25, 0.3) is 0 Å². The standard InChI is InChI=1S/C13H17N3/c1-11-9-15-6-7-16(11)10-13-5-3-2-4-12(13)8-14/h2-5,11,15H,6-7,9-10H2,1H3/t11-/m1/s1. The Kier molecular flexibility index (Phi) is 3.55. The summed E-state index contributed by atoms with van der Waals surface area (Å²) in [5, 5.41) is 12.4. The van der Waals surface area contributed by atoms with Crippen molar-refractivity contribution < 1.29 is 0 Å². The Bertz CT molecular complexity index is 394. The van der Waals surface area contributed by atoms with Gasteiger partial charge in [0.1, 0.15) is 0 Å². The van der Waals surface area contributed by atoms with Crippen molar-refractivity contribution in [2.24, 2.45) is 0 Å². The van der Waals surface area contributed by atoms with Crippen LogP contribution in [0, 0.1) is 11.3 Å². The van der Waals surface area contributed by atoms with E-state index in [9.17, 15) is 0 Å². The minimum atomic E-state index is 0.542. The molecule has 1 saturated heterocycles. The molecule has 1 aliphatic heterocycles. The lowest BCUT2D eigenvalue weighted by Gasteiger charge is -2.34. The number of rotatable bonds is 2. The molecule has 1 N–H and O–H groups in total. The molecule has 3 nitrogen and oxygen atoms in total. The number of nitrogens with zero attached hydrogens (tertiary/aromatic N) is 2. The molecule has 84 valence electrons. The Morgan fingerprint density at radius 1 is 1.50 bits per heavy atom. The second-order valence-electron chi connectivity index (χ2n) is 4.29. The van der Waals surface area contributed by atoms with Crippen molar-refractivity contribution in [3.63, 3.8) is 0 Å². The summed E-state index contributed by atoms with van der Waals surface area (Å²) in [5.74, 6) is 0. The fourth-order valence-electron chi connectivity index (χ4n) is 2.10. The zero-order chi connectivity index (χ0) is 11.4. The van der Waals surface area contributed by atoms with Gasteiger partial charge in [0.05, 0.1) is 11.6 Å². The van der Waals surface area contributed by atoms with Crippen LogP contribution in [0.15, 0.2) is 24.3 Å². The van der Waals surface area contributed by atoms with Gasteiger partial charge in [0, 0.05) is 32.2 Å². The highest BCUT2D eigenvalue weighted by Crippen LogP contribution is 2.13. The van der Waals surface area contributed by atoms with Crippen LogP contribution in [0.1, 0.15) is 18.1 Å². The van der Waals surface area contributed by atoms with E-state index in [1.807, 2.05) is 24.3 Å². The quantitative estimate of drug-likeness (QED) is 0.809. The largest absolute Gasteiger partial charge is 0.314 e. The van der Waals surface area contributed by atoms with Crippen LogP contribution in [0.5, 0.6) is 0 Å². The normalized spacial score (nSPS) is 21.6. The number of hydrogen-bond acceptors (Lipinski definition) is 3. The lowest BCUT2D eigenvalue weighted by atomic mass is 10.1. The molecule has 3 heteroatoms. The first-order valence-electron chi connectivity index (χ1n) is 5.74. The molecule has 0 aliphatic carbocycles. The van der Waals surface area contributed by atoms with Crippen molar-refractivity contribution in [3.8, 4) is 6.07 Å². The SMILES string of the molecule is C[C@@H]1CNCCN1Cc1ccccc1C#N. The second-order valence-corrected chi connectivity index (χ2v) is 4.29. The van der Waals surface area contributed by atoms with Gasteiger partial charge in [-0.15, -0.1) is 0 Å². The lowest BCUT2D eigenvalue weighted by Crippen LogP contribution is -2.49. The third-order valence-electron chi connectivity index (χ3n) is 3.15. The van der Waals surface area contributed by atoms with Gasteiger partial charge in [-0.2, -0.15) is 5.26 Å². The maximum Gasteiger partial charge on any atom is 0.0995 e. The minimum absolute atomic E-state index is 0.542. The van der Waals surface area contributed by atoms with E-state index in [0.717, 1.165) is 37.3 Å². The third kappa shape index (κ3) is 2.41. The number of nitrogens with one attached hydrogen (secondary N) is 1. The molecule has 1 aliphatic rings. The summed E-state index contributed by atoms with van der Waals surface area (Å²) in [4.78, 5) is 2.42. The first-order chi connectivity index (χ1) is 7.81. The van der Waals surface area contributed by atoms with Crippen LogP contribution in [0.3, 0.4) is 0 Å². The van der Waals surface area contributed by atoms with E-state index >= 15 is 0 Å². The molecule has 2 rings (SSSR count). The summed E-state index contributed by atoms with van der Waals surface area (Å²) in [6.45, 7) is 6.24. The molecule has 16 heavy (non-hydrogen) atoms. The first kappa shape index (κ1) is 11.1. The van der Waals surface area contributed by atoms with Gasteiger partial charge in [-0.05, 0) is 18.6 Å². The van der Waals surface area contributed by atoms with Gasteiger partial charge < -0.3 is 5.32 Å². The molecule has 0 unspecified atom stereocenters. The summed E-state index contributed by atoms with van der Waals surface area (Å²) in [7, 11) is 0. The van der Waals surface area contributed by atoms with Crippen LogP contribution < -0.4 is 5.32 Å². The molecule has 1 aromatic carbocycles. The van der Waals surface area contributed by atoms with Crippen LogP contribution >= 0.6 is 0 Å². The van der Waals surface area contributed by atoms with Crippen molar-refractivity contribution in [1.82, 2.24) is 10.2 Å². The van der Waals surface area contributed by atoms with Gasteiger partial charge in [0.2, 0.25) is 0 Å². The molecule has 0 bridgehead atoms. The summed E-state index contributed by atoms with van der Waals surface area (Å²) in [6, 6.07) is 10.7. The fourth-order valence-corrected chi connectivity index (χ4v) is 2.10. The molecule has 0 aromatic heterocycles. The summed E-state index contributed by atoms with van der Waals surface area (Å²) in [5.41, 5.74) is 1.94. The Labute approximate surface area is 96.7 Å². The maximum absolute atomic E-state index is 9.03. The maximum atomic E-state index is 9.03. The molecule has 1 fully saturated rings. The van der Waals surface area contributed by atoms with E-state index in [0.29, 0.717) is 6.04 Å². The molecular weight excluding hydrogens is 198 g/mol. The zero-order valence-electron chi connectivity index (χ0n) is 9.61. The Balaban J connectivity index is 2.11. The predicted octanol–water partition coefficient (Wildman–Crippen LogP) is 1.35. The van der Waals surface area contributed by atoms with E-state index < -0.39 is 0 Å². The van der Waals surface area contributed by atoms with Gasteiger partial charge in [0.25, 0.3) is 0 Å². The van der Waals surface area contributed by atoms with Crippen LogP contribution in [0.2, 0.25) is 0 Å². The lowest BCUT2D eigenvalue weighted by molar-refractivity contribution is 0.165. The summed E-state index contributed by atoms with van der Waals surface area (Å²) < 4.78 is 0. The average molecular weight is 215 g/mol. The highest BCUT2D eigenvalue weighted by atomic mass is 15.2. The minimum Gasteiger partial charge on any atom is -0.314 e.